The van der Waals surface area contributed by atoms with E-state index in [1.807, 2.05) is 19.3 Å². The Hall–Kier alpha value is -2.41. The number of halogens is 2. The Bertz CT molecular complexity index is 873. The molecule has 1 aromatic carbocycles. The summed E-state index contributed by atoms with van der Waals surface area (Å²) in [7, 11) is 0. The van der Waals surface area contributed by atoms with E-state index in [9.17, 15) is 13.6 Å². The molecular formula is C21H24F2N4O. The topological polar surface area (TPSA) is 49.3 Å². The number of hydrogen-bond donors (Lipinski definition) is 0. The highest BCUT2D eigenvalue weighted by molar-refractivity contribution is 5.84. The molecule has 0 aliphatic carbocycles. The molecule has 3 heterocycles. The van der Waals surface area contributed by atoms with E-state index in [0.29, 0.717) is 19.6 Å². The zero-order valence-electron chi connectivity index (χ0n) is 16.0. The molecule has 1 spiro atoms. The standard InChI is InChI=1S/C21H24F2N4O/c1-15-24-10-16(11-25-15)12-26-9-7-21(14-26)6-3-8-27(20(21)28)13-17-4-2-5-18(22)19(17)23/h2,4-5,10-11H,3,6-9,12-14H2,1H3. The van der Waals surface area contributed by atoms with Crippen LogP contribution in [0.15, 0.2) is 30.6 Å². The van der Waals surface area contributed by atoms with Crippen LogP contribution in [0.2, 0.25) is 0 Å². The molecular weight excluding hydrogens is 362 g/mol. The van der Waals surface area contributed by atoms with Gasteiger partial charge in [-0.05, 0) is 38.8 Å². The van der Waals surface area contributed by atoms with Gasteiger partial charge in [-0.15, -0.1) is 0 Å². The van der Waals surface area contributed by atoms with E-state index in [-0.39, 0.29) is 18.0 Å². The molecule has 0 N–H and O–H groups in total. The minimum atomic E-state index is -0.871. The minimum Gasteiger partial charge on any atom is -0.338 e. The van der Waals surface area contributed by atoms with Crippen molar-refractivity contribution < 1.29 is 13.6 Å². The number of nitrogens with zero attached hydrogens (tertiary/aromatic N) is 4. The van der Waals surface area contributed by atoms with Gasteiger partial charge in [0.1, 0.15) is 5.82 Å². The fraction of sp³-hybridized carbons (Fsp3) is 0.476. The molecule has 0 bridgehead atoms. The van der Waals surface area contributed by atoms with Crippen LogP contribution in [0.1, 0.15) is 36.2 Å². The maximum Gasteiger partial charge on any atom is 0.230 e. The monoisotopic (exact) mass is 386 g/mol. The third kappa shape index (κ3) is 3.63. The highest BCUT2D eigenvalue weighted by atomic mass is 19.2. The molecule has 1 aromatic heterocycles. The van der Waals surface area contributed by atoms with E-state index >= 15 is 0 Å². The van der Waals surface area contributed by atoms with Gasteiger partial charge in [0.15, 0.2) is 11.6 Å². The van der Waals surface area contributed by atoms with Crippen molar-refractivity contribution in [3.63, 3.8) is 0 Å². The summed E-state index contributed by atoms with van der Waals surface area (Å²) < 4.78 is 27.6. The van der Waals surface area contributed by atoms with Crippen LogP contribution in [0.5, 0.6) is 0 Å². The fourth-order valence-corrected chi connectivity index (χ4v) is 4.41. The molecule has 2 fully saturated rings. The number of aryl methyl sites for hydroxylation is 1. The van der Waals surface area contributed by atoms with Crippen LogP contribution >= 0.6 is 0 Å². The van der Waals surface area contributed by atoms with Crippen molar-refractivity contribution in [3.8, 4) is 0 Å². The quantitative estimate of drug-likeness (QED) is 0.810. The first kappa shape index (κ1) is 18.9. The lowest BCUT2D eigenvalue weighted by atomic mass is 9.78. The molecule has 7 heteroatoms. The van der Waals surface area contributed by atoms with Crippen LogP contribution in [-0.4, -0.2) is 45.3 Å². The van der Waals surface area contributed by atoms with Gasteiger partial charge in [-0.2, -0.15) is 0 Å². The largest absolute Gasteiger partial charge is 0.338 e. The first-order valence-corrected chi connectivity index (χ1v) is 9.69. The summed E-state index contributed by atoms with van der Waals surface area (Å²) in [6.45, 7) is 4.79. The molecule has 2 aliphatic rings. The highest BCUT2D eigenvalue weighted by Gasteiger charge is 2.48. The van der Waals surface area contributed by atoms with Crippen LogP contribution in [0.25, 0.3) is 0 Å². The molecule has 5 nitrogen and oxygen atoms in total. The van der Waals surface area contributed by atoms with Gasteiger partial charge in [0.2, 0.25) is 5.91 Å². The second-order valence-electron chi connectivity index (χ2n) is 7.92. The second kappa shape index (κ2) is 7.54. The number of likely N-dealkylation sites (tertiary alicyclic amines) is 2. The Labute approximate surface area is 163 Å². The van der Waals surface area contributed by atoms with Crippen molar-refractivity contribution in [3.05, 3.63) is 59.2 Å². The van der Waals surface area contributed by atoms with E-state index in [1.165, 1.54) is 6.07 Å². The van der Waals surface area contributed by atoms with Gasteiger partial charge in [0.25, 0.3) is 0 Å². The number of piperidine rings is 1. The third-order valence-electron chi connectivity index (χ3n) is 5.89. The summed E-state index contributed by atoms with van der Waals surface area (Å²) in [5, 5.41) is 0. The van der Waals surface area contributed by atoms with Crippen LogP contribution < -0.4 is 0 Å². The van der Waals surface area contributed by atoms with E-state index in [0.717, 1.165) is 43.3 Å². The molecule has 1 amide bonds. The lowest BCUT2D eigenvalue weighted by Gasteiger charge is -2.39. The number of aromatic nitrogens is 2. The molecule has 2 aliphatic heterocycles. The van der Waals surface area contributed by atoms with Crippen molar-refractivity contribution in [1.29, 1.82) is 0 Å². The van der Waals surface area contributed by atoms with Gasteiger partial charge < -0.3 is 4.90 Å². The summed E-state index contributed by atoms with van der Waals surface area (Å²) in [6, 6.07) is 4.13. The maximum absolute atomic E-state index is 14.1. The van der Waals surface area contributed by atoms with Crippen molar-refractivity contribution >= 4 is 5.91 Å². The number of hydrogen-bond acceptors (Lipinski definition) is 4. The molecule has 4 rings (SSSR count). The molecule has 28 heavy (non-hydrogen) atoms. The summed E-state index contributed by atoms with van der Waals surface area (Å²) in [5.74, 6) is -0.930. The molecule has 0 radical (unpaired) electrons. The van der Waals surface area contributed by atoms with Gasteiger partial charge in [-0.25, -0.2) is 18.7 Å². The van der Waals surface area contributed by atoms with Gasteiger partial charge in [-0.3, -0.25) is 9.69 Å². The molecule has 2 aromatic rings. The van der Waals surface area contributed by atoms with Crippen molar-refractivity contribution in [2.75, 3.05) is 19.6 Å². The molecule has 2 saturated heterocycles. The predicted octanol–water partition coefficient (Wildman–Crippen LogP) is 3.08. The number of carbonyl (C=O) groups excluding carboxylic acids is 1. The smallest absolute Gasteiger partial charge is 0.230 e. The van der Waals surface area contributed by atoms with Gasteiger partial charge in [-0.1, -0.05) is 12.1 Å². The summed E-state index contributed by atoms with van der Waals surface area (Å²) in [4.78, 5) is 25.7. The van der Waals surface area contributed by atoms with Gasteiger partial charge >= 0.3 is 0 Å². The zero-order valence-corrected chi connectivity index (χ0v) is 16.0. The van der Waals surface area contributed by atoms with E-state index < -0.39 is 17.0 Å². The van der Waals surface area contributed by atoms with E-state index in [1.54, 1.807) is 11.0 Å². The van der Waals surface area contributed by atoms with Gasteiger partial charge in [0.05, 0.1) is 5.41 Å². The van der Waals surface area contributed by atoms with Crippen molar-refractivity contribution in [2.45, 2.75) is 39.3 Å². The van der Waals surface area contributed by atoms with E-state index in [2.05, 4.69) is 14.9 Å². The van der Waals surface area contributed by atoms with Crippen LogP contribution in [0.4, 0.5) is 8.78 Å². The van der Waals surface area contributed by atoms with Gasteiger partial charge in [0, 0.05) is 49.7 Å². The van der Waals surface area contributed by atoms with Crippen molar-refractivity contribution in [1.82, 2.24) is 19.8 Å². The van der Waals surface area contributed by atoms with Crippen LogP contribution in [0, 0.1) is 24.0 Å². The number of amides is 1. The average molecular weight is 386 g/mol. The lowest BCUT2D eigenvalue weighted by molar-refractivity contribution is -0.146. The second-order valence-corrected chi connectivity index (χ2v) is 7.92. The Kier molecular flexibility index (Phi) is 5.10. The number of rotatable bonds is 4. The highest BCUT2D eigenvalue weighted by Crippen LogP contribution is 2.41. The Morgan fingerprint density at radius 2 is 1.89 bits per heavy atom. The summed E-state index contributed by atoms with van der Waals surface area (Å²) in [5.41, 5.74) is 0.842. The molecule has 1 unspecified atom stereocenters. The molecule has 148 valence electrons. The Balaban J connectivity index is 1.45. The van der Waals surface area contributed by atoms with E-state index in [4.69, 9.17) is 0 Å². The molecule has 1 atom stereocenters. The SMILES string of the molecule is Cc1ncc(CN2CCC3(CCCN(Cc4cccc(F)c4F)C3=O)C2)cn1. The van der Waals surface area contributed by atoms with Crippen LogP contribution in [0.3, 0.4) is 0 Å². The van der Waals surface area contributed by atoms with Crippen LogP contribution in [-0.2, 0) is 17.9 Å². The first-order valence-electron chi connectivity index (χ1n) is 9.69. The lowest BCUT2D eigenvalue weighted by Crippen LogP contribution is -2.49. The maximum atomic E-state index is 14.1. The number of benzene rings is 1. The molecule has 0 saturated carbocycles. The summed E-state index contributed by atoms with van der Waals surface area (Å²) >= 11 is 0. The summed E-state index contributed by atoms with van der Waals surface area (Å²) in [6.07, 6.45) is 6.17. The van der Waals surface area contributed by atoms with Crippen molar-refractivity contribution in [2.24, 2.45) is 5.41 Å². The first-order chi connectivity index (χ1) is 13.5. The zero-order chi connectivity index (χ0) is 19.7. The third-order valence-corrected chi connectivity index (χ3v) is 5.89. The fourth-order valence-electron chi connectivity index (χ4n) is 4.41. The number of carbonyl (C=O) groups is 1. The Morgan fingerprint density at radius 1 is 1.11 bits per heavy atom. The average Bonchev–Trinajstić information content (AvgIpc) is 3.08. The predicted molar refractivity (Wildman–Crippen MR) is 100 cm³/mol. The normalized spacial score (nSPS) is 23.0. The Morgan fingerprint density at radius 3 is 2.68 bits per heavy atom. The minimum absolute atomic E-state index is 0.0602.